The lowest BCUT2D eigenvalue weighted by Crippen LogP contribution is -2.60. The van der Waals surface area contributed by atoms with Crippen molar-refractivity contribution in [3.05, 3.63) is 24.3 Å². The van der Waals surface area contributed by atoms with E-state index >= 15 is 0 Å². The molecule has 0 spiro atoms. The number of rotatable bonds is 37. The highest BCUT2D eigenvalue weighted by atomic mass is 16.7. The molecule has 1 fully saturated rings. The fraction of sp³-hybridized carbons (Fsp3) is 0.889. The highest BCUT2D eigenvalue weighted by Gasteiger charge is 2.44. The molecule has 1 saturated heterocycles. The molecule has 0 aromatic rings. The van der Waals surface area contributed by atoms with Gasteiger partial charge < -0.3 is 40.3 Å². The normalized spacial score (nSPS) is 21.6. The van der Waals surface area contributed by atoms with Gasteiger partial charge in [-0.15, -0.1) is 0 Å². The van der Waals surface area contributed by atoms with Crippen LogP contribution < -0.4 is 5.32 Å². The van der Waals surface area contributed by atoms with Crippen molar-refractivity contribution >= 4 is 5.91 Å². The van der Waals surface area contributed by atoms with Gasteiger partial charge in [-0.05, 0) is 19.3 Å². The zero-order valence-electron chi connectivity index (χ0n) is 34.7. The number of unbranched alkanes of at least 4 members (excludes halogenated alkanes) is 26. The van der Waals surface area contributed by atoms with Crippen molar-refractivity contribution < 1.29 is 39.8 Å². The molecule has 0 aromatic heterocycles. The molecule has 0 aliphatic carbocycles. The highest BCUT2D eigenvalue weighted by molar-refractivity contribution is 5.76. The third-order valence-electron chi connectivity index (χ3n) is 10.8. The van der Waals surface area contributed by atoms with Crippen LogP contribution in [0, 0.1) is 0 Å². The lowest BCUT2D eigenvalue weighted by Gasteiger charge is -2.40. The first-order valence-corrected chi connectivity index (χ1v) is 22.6. The van der Waals surface area contributed by atoms with Crippen LogP contribution in [0.2, 0.25) is 0 Å². The van der Waals surface area contributed by atoms with Crippen LogP contribution in [0.1, 0.15) is 200 Å². The number of hydrogen-bond acceptors (Lipinski definition) is 8. The number of amides is 1. The number of allylic oxidation sites excluding steroid dienone is 3. The van der Waals surface area contributed by atoms with Crippen LogP contribution in [0.15, 0.2) is 24.3 Å². The Bertz CT molecular complexity index is 899. The van der Waals surface area contributed by atoms with Crippen LogP contribution in [0.5, 0.6) is 0 Å². The number of aliphatic hydroxyl groups excluding tert-OH is 5. The molecule has 1 rings (SSSR count). The minimum atomic E-state index is -1.57. The predicted molar refractivity (Wildman–Crippen MR) is 221 cm³/mol. The van der Waals surface area contributed by atoms with Crippen LogP contribution in [-0.2, 0) is 14.3 Å². The molecule has 1 amide bonds. The average Bonchev–Trinajstić information content (AvgIpc) is 3.17. The van der Waals surface area contributed by atoms with E-state index in [4.69, 9.17) is 9.47 Å². The van der Waals surface area contributed by atoms with E-state index in [2.05, 4.69) is 25.2 Å². The molecule has 318 valence electrons. The van der Waals surface area contributed by atoms with Crippen LogP contribution in [0.25, 0.3) is 0 Å². The summed E-state index contributed by atoms with van der Waals surface area (Å²) in [6.07, 6.45) is 35.4. The fourth-order valence-electron chi connectivity index (χ4n) is 7.16. The molecule has 7 atom stereocenters. The van der Waals surface area contributed by atoms with Crippen LogP contribution in [0.4, 0.5) is 0 Å². The summed E-state index contributed by atoms with van der Waals surface area (Å²) in [6.45, 7) is 3.70. The minimum Gasteiger partial charge on any atom is -0.394 e. The molecule has 9 heteroatoms. The number of aliphatic hydroxyl groups is 5. The monoisotopic (exact) mass is 768 g/mol. The Morgan fingerprint density at radius 2 is 1.07 bits per heavy atom. The maximum absolute atomic E-state index is 12.9. The van der Waals surface area contributed by atoms with Gasteiger partial charge in [-0.3, -0.25) is 4.79 Å². The Hall–Kier alpha value is -1.33. The molecule has 2 unspecified atom stereocenters. The minimum absolute atomic E-state index is 0.194. The topological polar surface area (TPSA) is 149 Å². The Morgan fingerprint density at radius 1 is 0.630 bits per heavy atom. The van der Waals surface area contributed by atoms with Crippen molar-refractivity contribution in [2.45, 2.75) is 243 Å². The maximum Gasteiger partial charge on any atom is 0.220 e. The Balaban J connectivity index is 2.25. The zero-order valence-corrected chi connectivity index (χ0v) is 34.7. The maximum atomic E-state index is 12.9. The fourth-order valence-corrected chi connectivity index (χ4v) is 7.16. The van der Waals surface area contributed by atoms with Crippen molar-refractivity contribution in [1.29, 1.82) is 0 Å². The molecular formula is C45H85NO8. The lowest BCUT2D eigenvalue weighted by atomic mass is 9.99. The second-order valence-electron chi connectivity index (χ2n) is 15.9. The van der Waals surface area contributed by atoms with Crippen molar-refractivity contribution in [3.8, 4) is 0 Å². The molecular weight excluding hydrogens is 682 g/mol. The third kappa shape index (κ3) is 26.5. The van der Waals surface area contributed by atoms with E-state index in [1.165, 1.54) is 148 Å². The average molecular weight is 768 g/mol. The molecule has 9 nitrogen and oxygen atoms in total. The van der Waals surface area contributed by atoms with E-state index in [9.17, 15) is 30.3 Å². The molecule has 54 heavy (non-hydrogen) atoms. The molecule has 1 heterocycles. The third-order valence-corrected chi connectivity index (χ3v) is 10.8. The summed E-state index contributed by atoms with van der Waals surface area (Å²) in [5, 5.41) is 53.9. The van der Waals surface area contributed by atoms with Crippen LogP contribution >= 0.6 is 0 Å². The molecule has 0 bridgehead atoms. The Kier molecular flexibility index (Phi) is 33.8. The first-order chi connectivity index (χ1) is 26.3. The summed E-state index contributed by atoms with van der Waals surface area (Å²) in [5.74, 6) is -0.194. The quantitative estimate of drug-likeness (QED) is 0.0271. The molecule has 0 aromatic carbocycles. The standard InChI is InChI=1S/C45H85NO8/c1-3-5-7-9-11-13-14-15-16-17-18-19-20-21-22-23-24-25-27-29-31-33-35-41(49)46-38(39(48)34-32-30-28-26-12-10-8-6-4-2)37-53-45-44(52)43(51)42(50)40(36-47)54-45/h28,30,32,34,38-40,42-45,47-48,50-52H,3-27,29,31,33,35-37H2,1-2H3,(H,46,49)/b30-28+,34-32+/t38-,39+,40-,42-,43?,44?,45-/m0/s1. The number of hydrogen-bond donors (Lipinski definition) is 6. The predicted octanol–water partition coefficient (Wildman–Crippen LogP) is 9.11. The van der Waals surface area contributed by atoms with Crippen molar-refractivity contribution in [1.82, 2.24) is 5.32 Å². The van der Waals surface area contributed by atoms with E-state index in [0.717, 1.165) is 32.1 Å². The lowest BCUT2D eigenvalue weighted by molar-refractivity contribution is -0.302. The number of carbonyl (C=O) groups is 1. The van der Waals surface area contributed by atoms with Crippen molar-refractivity contribution in [3.63, 3.8) is 0 Å². The van der Waals surface area contributed by atoms with Crippen molar-refractivity contribution in [2.75, 3.05) is 13.2 Å². The van der Waals surface area contributed by atoms with Gasteiger partial charge in [-0.2, -0.15) is 0 Å². The summed E-state index contributed by atoms with van der Waals surface area (Å²) in [4.78, 5) is 12.9. The molecule has 1 aliphatic heterocycles. The van der Waals surface area contributed by atoms with Gasteiger partial charge in [-0.25, -0.2) is 0 Å². The largest absolute Gasteiger partial charge is 0.394 e. The van der Waals surface area contributed by atoms with Crippen LogP contribution in [0.3, 0.4) is 0 Å². The van der Waals surface area contributed by atoms with Gasteiger partial charge in [0, 0.05) is 6.42 Å². The molecule has 6 N–H and O–H groups in total. The number of ether oxygens (including phenoxy) is 2. The van der Waals surface area contributed by atoms with E-state index < -0.39 is 49.5 Å². The Labute approximate surface area is 330 Å². The van der Waals surface area contributed by atoms with Gasteiger partial charge in [0.05, 0.1) is 25.4 Å². The van der Waals surface area contributed by atoms with E-state index in [1.807, 2.05) is 6.08 Å². The highest BCUT2D eigenvalue weighted by Crippen LogP contribution is 2.22. The van der Waals surface area contributed by atoms with E-state index in [1.54, 1.807) is 12.2 Å². The second-order valence-corrected chi connectivity index (χ2v) is 15.9. The van der Waals surface area contributed by atoms with Gasteiger partial charge >= 0.3 is 0 Å². The van der Waals surface area contributed by atoms with Gasteiger partial charge in [-0.1, -0.05) is 199 Å². The summed E-state index contributed by atoms with van der Waals surface area (Å²) < 4.78 is 11.1. The van der Waals surface area contributed by atoms with Gasteiger partial charge in [0.1, 0.15) is 24.4 Å². The molecule has 0 radical (unpaired) electrons. The summed E-state index contributed by atoms with van der Waals surface area (Å²) in [5.41, 5.74) is 0. The molecule has 1 aliphatic rings. The first-order valence-electron chi connectivity index (χ1n) is 22.6. The zero-order chi connectivity index (χ0) is 39.5. The second kappa shape index (κ2) is 36.0. The summed E-state index contributed by atoms with van der Waals surface area (Å²) in [6, 6.07) is -0.830. The smallest absolute Gasteiger partial charge is 0.220 e. The van der Waals surface area contributed by atoms with Crippen LogP contribution in [-0.4, -0.2) is 87.5 Å². The van der Waals surface area contributed by atoms with Crippen molar-refractivity contribution in [2.24, 2.45) is 0 Å². The first kappa shape index (κ1) is 50.7. The molecule has 0 saturated carbocycles. The summed E-state index contributed by atoms with van der Waals surface area (Å²) >= 11 is 0. The number of carbonyl (C=O) groups excluding carboxylic acids is 1. The van der Waals surface area contributed by atoms with Gasteiger partial charge in [0.25, 0.3) is 0 Å². The Morgan fingerprint density at radius 3 is 1.54 bits per heavy atom. The van der Waals surface area contributed by atoms with E-state index in [-0.39, 0.29) is 12.5 Å². The van der Waals surface area contributed by atoms with Gasteiger partial charge in [0.15, 0.2) is 6.29 Å². The summed E-state index contributed by atoms with van der Waals surface area (Å²) in [7, 11) is 0. The SMILES string of the molecule is CCCCCCC/C=C/C=C/[C@@H](O)[C@H](CO[C@H]1O[C@@H](CO)[C@H](O)C(O)C1O)NC(=O)CCCCCCCCCCCCCCCCCCCCCCCC. The van der Waals surface area contributed by atoms with E-state index in [0.29, 0.717) is 6.42 Å². The van der Waals surface area contributed by atoms with Gasteiger partial charge in [0.2, 0.25) is 5.91 Å². The number of nitrogens with one attached hydrogen (secondary N) is 1.